The Labute approximate surface area is 582 Å². The van der Waals surface area contributed by atoms with E-state index < -0.39 is 0 Å². The average Bonchev–Trinajstić information content (AvgIpc) is 1.57. The lowest BCUT2D eigenvalue weighted by Crippen LogP contribution is -2.56. The molecule has 2 aromatic heterocycles. The van der Waals surface area contributed by atoms with Crippen molar-refractivity contribution in [2.24, 2.45) is 0 Å². The second kappa shape index (κ2) is 46.5. The fourth-order valence-electron chi connectivity index (χ4n) is 14.1. The molecule has 3 heterocycles. The number of rotatable bonds is 3. The van der Waals surface area contributed by atoms with Crippen molar-refractivity contribution in [1.82, 2.24) is 9.13 Å². The van der Waals surface area contributed by atoms with Crippen LogP contribution in [0, 0.1) is 0 Å². The Kier molecular flexibility index (Phi) is 40.8. The largest absolute Gasteiger partial charge is 0.367 e. The zero-order chi connectivity index (χ0) is 68.1. The van der Waals surface area contributed by atoms with Crippen LogP contribution in [-0.2, 0) is 32.4 Å². The third kappa shape index (κ3) is 19.5. The van der Waals surface area contributed by atoms with E-state index >= 15 is 0 Å². The van der Waals surface area contributed by atoms with Gasteiger partial charge in [-0.15, -0.1) is 0 Å². The van der Waals surface area contributed by atoms with Crippen molar-refractivity contribution in [2.75, 3.05) is 11.4 Å². The lowest BCUT2D eigenvalue weighted by molar-refractivity contribution is 0.198. The molecule has 514 valence electrons. The summed E-state index contributed by atoms with van der Waals surface area (Å²) in [6.07, 6.45) is 13.7. The second-order valence-electron chi connectivity index (χ2n) is 22.2. The molecule has 4 atom stereocenters. The molecular formula is C92H131N3. The summed E-state index contributed by atoms with van der Waals surface area (Å²) in [7, 11) is 0. The zero-order valence-corrected chi connectivity index (χ0v) is 61.6. The third-order valence-corrected chi connectivity index (χ3v) is 17.5. The number of fused-ring (bicyclic) bond motifs is 20. The first-order valence-corrected chi connectivity index (χ1v) is 37.2. The lowest BCUT2D eigenvalue weighted by atomic mass is 9.47. The van der Waals surface area contributed by atoms with Gasteiger partial charge < -0.3 is 14.0 Å². The van der Waals surface area contributed by atoms with Crippen LogP contribution >= 0.6 is 0 Å². The van der Waals surface area contributed by atoms with Gasteiger partial charge in [-0.25, -0.2) is 0 Å². The van der Waals surface area contributed by atoms with Gasteiger partial charge in [-0.1, -0.05) is 352 Å². The van der Waals surface area contributed by atoms with Gasteiger partial charge in [0.15, 0.2) is 0 Å². The minimum absolute atomic E-state index is 0. The van der Waals surface area contributed by atoms with Crippen LogP contribution in [0.3, 0.4) is 0 Å². The van der Waals surface area contributed by atoms with Gasteiger partial charge in [0.05, 0.1) is 0 Å². The van der Waals surface area contributed by atoms with Crippen molar-refractivity contribution in [3.8, 4) is 11.1 Å². The molecule has 0 bridgehead atoms. The number of anilines is 1. The molecule has 5 aliphatic carbocycles. The van der Waals surface area contributed by atoms with Gasteiger partial charge in [0.25, 0.3) is 0 Å². The van der Waals surface area contributed by atoms with E-state index in [-0.39, 0.29) is 14.9 Å². The first-order valence-electron chi connectivity index (χ1n) is 37.2. The number of benzene rings is 9. The normalized spacial score (nSPS) is 15.1. The maximum atomic E-state index is 2.64. The van der Waals surface area contributed by atoms with E-state index in [9.17, 15) is 0 Å². The fraction of sp³-hybridized carbons (Fsp3) is 0.413. The topological polar surface area (TPSA) is 13.1 Å². The van der Waals surface area contributed by atoms with Crippen molar-refractivity contribution in [1.29, 1.82) is 0 Å². The Morgan fingerprint density at radius 1 is 0.305 bits per heavy atom. The summed E-state index contributed by atoms with van der Waals surface area (Å²) in [5.74, 6) is 2.32. The minimum atomic E-state index is 0. The van der Waals surface area contributed by atoms with Crippen LogP contribution in [0.25, 0.3) is 54.7 Å². The Morgan fingerprint density at radius 2 is 0.663 bits per heavy atom. The van der Waals surface area contributed by atoms with E-state index in [1.807, 2.05) is 133 Å². The highest BCUT2D eigenvalue weighted by Gasteiger charge is 2.64. The predicted octanol–water partition coefficient (Wildman–Crippen LogP) is 28.8. The Bertz CT molecular complexity index is 3650. The Balaban J connectivity index is 0.000000381. The van der Waals surface area contributed by atoms with Gasteiger partial charge in [0.1, 0.15) is 0 Å². The maximum Gasteiger partial charge on any atom is 0.0494 e. The molecule has 3 nitrogen and oxygen atoms in total. The number of aryl methyl sites for hydroxylation is 4. The van der Waals surface area contributed by atoms with E-state index in [0.717, 1.165) is 49.9 Å². The number of hydrogen-bond acceptors (Lipinski definition) is 1. The second-order valence-corrected chi connectivity index (χ2v) is 22.2. The van der Waals surface area contributed by atoms with Crippen LogP contribution in [0.1, 0.15) is 248 Å². The minimum Gasteiger partial charge on any atom is -0.367 e. The van der Waals surface area contributed by atoms with Crippen LogP contribution in [0.4, 0.5) is 5.69 Å². The fourth-order valence-corrected chi connectivity index (χ4v) is 14.1. The van der Waals surface area contributed by atoms with Crippen molar-refractivity contribution >= 4 is 49.3 Å². The summed E-state index contributed by atoms with van der Waals surface area (Å²) in [6.45, 7) is 42.2. The summed E-state index contributed by atoms with van der Waals surface area (Å²) >= 11 is 0. The summed E-state index contributed by atoms with van der Waals surface area (Å²) in [4.78, 5) is 2.64. The van der Waals surface area contributed by atoms with Crippen LogP contribution in [-0.4, -0.2) is 21.7 Å². The average molecular weight is 1280 g/mol. The van der Waals surface area contributed by atoms with Gasteiger partial charge in [0, 0.05) is 92.7 Å². The van der Waals surface area contributed by atoms with Crippen LogP contribution < -0.4 is 4.90 Å². The predicted molar refractivity (Wildman–Crippen MR) is 433 cm³/mol. The van der Waals surface area contributed by atoms with E-state index in [2.05, 4.69) is 231 Å². The molecule has 1 aliphatic heterocycles. The SMILES string of the molecule is C.C.C1CCCC1.CC.CC.CC.CC.CC.CC.CC.CCC.CCN1c2ccccc2[C@@H]2C1[C@@H]1c3ccccc3[C@H]21.CCn1c2ccccc2c2c3c(ccc21)CCC3.CCn1c2ccccc2c2ccccc21.c1ccc2c(c1)Cc1ccccc1-2.c1ccccc1. The number of para-hydroxylation sites is 4. The molecule has 2 saturated carbocycles. The lowest BCUT2D eigenvalue weighted by Gasteiger charge is -2.59. The molecule has 0 radical (unpaired) electrons. The van der Waals surface area contributed by atoms with Crippen molar-refractivity contribution in [3.63, 3.8) is 0 Å². The first-order chi connectivity index (χ1) is 46.1. The standard InChI is InChI=1S/C18H17N.C17H17N.C14H13N.C13H10.C6H6.C5H10.C3H8.7C2H6.2CH4/c1-2-19-14-10-6-5-9-13(14)17-15-11-7-3-4-8-12(11)16(15)18(17)19;1-2-18-15-9-4-3-7-14(15)17-13-8-5-6-12(13)10-11-16(17)18;1-2-15-13-9-5-3-7-11(13)12-8-4-6-10-14(12)15;1-3-7-12-10(5-1)9-11-6-2-4-8-13(11)12;1-2-4-6-5-3-1;1-2-4-5-3-1;1-3-2;7*1-2;;/h3-10,15-18H,2H2,1H3;3-4,7,9-11H,2,5-6,8H2,1H3;3-10H,2H2,1H3;1-8H,9H2;1-6H;1-5H2;3H2,1-2H3;7*1-2H3;2*1H4/t15-,16+,17-,18?;;;;;;;;;;;;;;;/m0.............../s1. The van der Waals surface area contributed by atoms with Gasteiger partial charge in [-0.3, -0.25) is 0 Å². The van der Waals surface area contributed by atoms with Crippen molar-refractivity contribution in [3.05, 3.63) is 257 Å². The molecule has 1 unspecified atom stereocenters. The molecule has 9 aromatic carbocycles. The van der Waals surface area contributed by atoms with Crippen LogP contribution in [0.5, 0.6) is 0 Å². The number of hydrogen-bond donors (Lipinski definition) is 0. The van der Waals surface area contributed by atoms with Crippen LogP contribution in [0.2, 0.25) is 0 Å². The van der Waals surface area contributed by atoms with Crippen LogP contribution in [0.15, 0.2) is 218 Å². The molecule has 11 aromatic rings. The number of likely N-dealkylation sites (N-methyl/N-ethyl adjacent to an activating group) is 1. The third-order valence-electron chi connectivity index (χ3n) is 17.5. The molecule has 3 heteroatoms. The van der Waals surface area contributed by atoms with Gasteiger partial charge in [-0.05, 0) is 127 Å². The summed E-state index contributed by atoms with van der Waals surface area (Å²) in [5.41, 5.74) is 20.7. The zero-order valence-electron chi connectivity index (χ0n) is 61.6. The van der Waals surface area contributed by atoms with Crippen molar-refractivity contribution < 1.29 is 0 Å². The van der Waals surface area contributed by atoms with E-state index in [1.54, 1.807) is 27.8 Å². The van der Waals surface area contributed by atoms with Gasteiger partial charge in [-0.2, -0.15) is 0 Å². The highest BCUT2D eigenvalue weighted by atomic mass is 15.2. The van der Waals surface area contributed by atoms with E-state index in [4.69, 9.17) is 0 Å². The number of nitrogens with zero attached hydrogens (tertiary/aromatic N) is 3. The molecule has 0 N–H and O–H groups in total. The molecule has 95 heavy (non-hydrogen) atoms. The first kappa shape index (κ1) is 83.5. The van der Waals surface area contributed by atoms with Gasteiger partial charge >= 0.3 is 0 Å². The Hall–Kier alpha value is -7.62. The maximum absolute atomic E-state index is 2.64. The molecule has 0 amide bonds. The summed E-state index contributed by atoms with van der Waals surface area (Å²) < 4.78 is 4.81. The molecule has 6 aliphatic rings. The molecule has 0 saturated heterocycles. The monoisotopic (exact) mass is 1280 g/mol. The number of aromatic nitrogens is 2. The van der Waals surface area contributed by atoms with E-state index in [0.29, 0.717) is 0 Å². The molecule has 2 fully saturated rings. The molecule has 17 rings (SSSR count). The highest BCUT2D eigenvalue weighted by Crippen LogP contribution is 2.71. The molecule has 0 spiro atoms. The van der Waals surface area contributed by atoms with E-state index in [1.165, 1.54) is 129 Å². The molecular weight excluding hydrogens is 1150 g/mol. The highest BCUT2D eigenvalue weighted by molar-refractivity contribution is 6.10. The summed E-state index contributed by atoms with van der Waals surface area (Å²) in [6, 6.07) is 78.8. The Morgan fingerprint density at radius 3 is 1.12 bits per heavy atom. The quantitative estimate of drug-likeness (QED) is 0.172. The van der Waals surface area contributed by atoms with Gasteiger partial charge in [0.2, 0.25) is 0 Å². The van der Waals surface area contributed by atoms with Crippen molar-refractivity contribution in [2.45, 2.75) is 247 Å². The summed E-state index contributed by atoms with van der Waals surface area (Å²) in [5, 5.41) is 5.67. The smallest absolute Gasteiger partial charge is 0.0494 e.